The average molecular weight is 190 g/mol. The third kappa shape index (κ3) is 7.74. The zero-order chi connectivity index (χ0) is 10.3. The molecule has 0 unspecified atom stereocenters. The predicted molar refractivity (Wildman–Crippen MR) is 48.5 cm³/mol. The highest BCUT2D eigenvalue weighted by molar-refractivity contribution is 5.66. The number of hydrogen-bond acceptors (Lipinski definition) is 4. The van der Waals surface area contributed by atoms with E-state index in [4.69, 9.17) is 14.2 Å². The molecule has 0 atom stereocenters. The zero-order valence-electron chi connectivity index (χ0n) is 8.75. The summed E-state index contributed by atoms with van der Waals surface area (Å²) in [5.74, 6) is -0.291. The lowest BCUT2D eigenvalue weighted by atomic mass is 10.1. The molecule has 0 aliphatic rings. The molecule has 0 fully saturated rings. The van der Waals surface area contributed by atoms with Crippen molar-refractivity contribution in [3.8, 4) is 0 Å². The molecule has 0 aliphatic heterocycles. The first-order valence-electron chi connectivity index (χ1n) is 4.24. The number of carbonyl (C=O) groups is 1. The topological polar surface area (TPSA) is 44.8 Å². The SMILES string of the molecule is COCCOCC(C)(C)OC(C)=O. The normalized spacial score (nSPS) is 11.4. The first-order chi connectivity index (χ1) is 5.98. The largest absolute Gasteiger partial charge is 0.457 e. The maximum Gasteiger partial charge on any atom is 0.303 e. The molecule has 0 rings (SSSR count). The minimum Gasteiger partial charge on any atom is -0.457 e. The van der Waals surface area contributed by atoms with Crippen LogP contribution in [-0.4, -0.2) is 38.5 Å². The molecule has 0 heterocycles. The molecule has 0 aliphatic carbocycles. The number of rotatable bonds is 6. The average Bonchev–Trinajstić information content (AvgIpc) is 1.95. The molecule has 4 nitrogen and oxygen atoms in total. The van der Waals surface area contributed by atoms with Crippen molar-refractivity contribution in [1.82, 2.24) is 0 Å². The van der Waals surface area contributed by atoms with E-state index >= 15 is 0 Å². The fraction of sp³-hybridized carbons (Fsp3) is 0.889. The summed E-state index contributed by atoms with van der Waals surface area (Å²) in [4.78, 5) is 10.6. The van der Waals surface area contributed by atoms with Crippen LogP contribution in [-0.2, 0) is 19.0 Å². The fourth-order valence-electron chi connectivity index (χ4n) is 0.879. The van der Waals surface area contributed by atoms with E-state index in [1.807, 2.05) is 0 Å². The number of hydrogen-bond donors (Lipinski definition) is 0. The smallest absolute Gasteiger partial charge is 0.303 e. The highest BCUT2D eigenvalue weighted by Gasteiger charge is 2.20. The van der Waals surface area contributed by atoms with E-state index in [0.29, 0.717) is 19.8 Å². The van der Waals surface area contributed by atoms with Crippen LogP contribution in [0.1, 0.15) is 20.8 Å². The molecule has 0 spiro atoms. The molecule has 78 valence electrons. The van der Waals surface area contributed by atoms with Crippen LogP contribution in [0.25, 0.3) is 0 Å². The molecule has 13 heavy (non-hydrogen) atoms. The summed E-state index contributed by atoms with van der Waals surface area (Å²) in [6.45, 7) is 6.45. The van der Waals surface area contributed by atoms with Crippen LogP contribution in [0.4, 0.5) is 0 Å². The molecule has 0 saturated carbocycles. The van der Waals surface area contributed by atoms with Crippen molar-refractivity contribution in [2.45, 2.75) is 26.4 Å². The van der Waals surface area contributed by atoms with E-state index in [1.165, 1.54) is 6.92 Å². The summed E-state index contributed by atoms with van der Waals surface area (Å²) in [6, 6.07) is 0. The molecule has 0 aromatic heterocycles. The monoisotopic (exact) mass is 190 g/mol. The van der Waals surface area contributed by atoms with Crippen molar-refractivity contribution >= 4 is 5.97 Å². The molecule has 0 aromatic carbocycles. The molecule has 0 saturated heterocycles. The first kappa shape index (κ1) is 12.4. The minimum atomic E-state index is -0.556. The summed E-state index contributed by atoms with van der Waals surface area (Å²) >= 11 is 0. The van der Waals surface area contributed by atoms with Gasteiger partial charge in [0.15, 0.2) is 0 Å². The Hall–Kier alpha value is -0.610. The van der Waals surface area contributed by atoms with Gasteiger partial charge in [-0.25, -0.2) is 0 Å². The highest BCUT2D eigenvalue weighted by atomic mass is 16.6. The quantitative estimate of drug-likeness (QED) is 0.463. The first-order valence-corrected chi connectivity index (χ1v) is 4.24. The Morgan fingerprint density at radius 3 is 2.38 bits per heavy atom. The summed E-state index contributed by atoms with van der Waals surface area (Å²) in [6.07, 6.45) is 0. The molecule has 0 bridgehead atoms. The van der Waals surface area contributed by atoms with Gasteiger partial charge in [-0.3, -0.25) is 4.79 Å². The maximum atomic E-state index is 10.6. The number of methoxy groups -OCH3 is 1. The van der Waals surface area contributed by atoms with Crippen molar-refractivity contribution in [2.24, 2.45) is 0 Å². The van der Waals surface area contributed by atoms with Crippen molar-refractivity contribution in [3.63, 3.8) is 0 Å². The summed E-state index contributed by atoms with van der Waals surface area (Å²) in [5.41, 5.74) is -0.556. The molecular formula is C9H18O4. The molecule has 0 N–H and O–H groups in total. The van der Waals surface area contributed by atoms with E-state index < -0.39 is 5.60 Å². The van der Waals surface area contributed by atoms with Crippen LogP contribution < -0.4 is 0 Å². The van der Waals surface area contributed by atoms with Crippen molar-refractivity contribution in [2.75, 3.05) is 26.9 Å². The van der Waals surface area contributed by atoms with Gasteiger partial charge in [0.05, 0.1) is 19.8 Å². The van der Waals surface area contributed by atoms with Crippen molar-refractivity contribution in [1.29, 1.82) is 0 Å². The van der Waals surface area contributed by atoms with E-state index in [0.717, 1.165) is 0 Å². The van der Waals surface area contributed by atoms with Gasteiger partial charge >= 0.3 is 5.97 Å². The molecule has 0 aromatic rings. The Kier molecular flexibility index (Phi) is 5.66. The van der Waals surface area contributed by atoms with Crippen LogP contribution >= 0.6 is 0 Å². The lowest BCUT2D eigenvalue weighted by Gasteiger charge is -2.23. The Balaban J connectivity index is 3.56. The molecule has 0 radical (unpaired) electrons. The summed E-state index contributed by atoms with van der Waals surface area (Å²) in [5, 5.41) is 0. The van der Waals surface area contributed by atoms with Crippen LogP contribution in [0.2, 0.25) is 0 Å². The molecule has 0 amide bonds. The van der Waals surface area contributed by atoms with Crippen LogP contribution in [0, 0.1) is 0 Å². The Morgan fingerprint density at radius 2 is 1.92 bits per heavy atom. The number of ether oxygens (including phenoxy) is 3. The molecular weight excluding hydrogens is 172 g/mol. The van der Waals surface area contributed by atoms with E-state index in [9.17, 15) is 4.79 Å². The Morgan fingerprint density at radius 1 is 1.31 bits per heavy atom. The predicted octanol–water partition coefficient (Wildman–Crippen LogP) is 0.991. The fourth-order valence-corrected chi connectivity index (χ4v) is 0.879. The van der Waals surface area contributed by atoms with Crippen molar-refractivity contribution in [3.05, 3.63) is 0 Å². The lowest BCUT2D eigenvalue weighted by Crippen LogP contribution is -2.33. The van der Waals surface area contributed by atoms with Gasteiger partial charge in [-0.1, -0.05) is 0 Å². The summed E-state index contributed by atoms with van der Waals surface area (Å²) < 4.78 is 15.1. The van der Waals surface area contributed by atoms with Gasteiger partial charge in [0.25, 0.3) is 0 Å². The van der Waals surface area contributed by atoms with Crippen LogP contribution in [0.15, 0.2) is 0 Å². The van der Waals surface area contributed by atoms with Crippen LogP contribution in [0.5, 0.6) is 0 Å². The lowest BCUT2D eigenvalue weighted by molar-refractivity contribution is -0.159. The second-order valence-corrected chi connectivity index (χ2v) is 3.40. The van der Waals surface area contributed by atoms with Crippen molar-refractivity contribution < 1.29 is 19.0 Å². The number of carbonyl (C=O) groups excluding carboxylic acids is 1. The van der Waals surface area contributed by atoms with Gasteiger partial charge in [0, 0.05) is 14.0 Å². The van der Waals surface area contributed by atoms with Gasteiger partial charge in [-0.05, 0) is 13.8 Å². The summed E-state index contributed by atoms with van der Waals surface area (Å²) in [7, 11) is 1.61. The Labute approximate surface area is 79.2 Å². The molecule has 4 heteroatoms. The van der Waals surface area contributed by atoms with E-state index in [2.05, 4.69) is 0 Å². The van der Waals surface area contributed by atoms with Crippen LogP contribution in [0.3, 0.4) is 0 Å². The van der Waals surface area contributed by atoms with Gasteiger partial charge in [0.1, 0.15) is 5.60 Å². The highest BCUT2D eigenvalue weighted by Crippen LogP contribution is 2.09. The zero-order valence-corrected chi connectivity index (χ0v) is 8.75. The van der Waals surface area contributed by atoms with Gasteiger partial charge in [-0.15, -0.1) is 0 Å². The van der Waals surface area contributed by atoms with Gasteiger partial charge in [0.2, 0.25) is 0 Å². The van der Waals surface area contributed by atoms with Gasteiger partial charge in [-0.2, -0.15) is 0 Å². The van der Waals surface area contributed by atoms with E-state index in [1.54, 1.807) is 21.0 Å². The second-order valence-electron chi connectivity index (χ2n) is 3.40. The Bertz CT molecular complexity index is 154. The minimum absolute atomic E-state index is 0.291. The second kappa shape index (κ2) is 5.94. The third-order valence-corrected chi connectivity index (χ3v) is 1.30. The standard InChI is InChI=1S/C9H18O4/c1-8(10)13-9(2,3)7-12-6-5-11-4/h5-7H2,1-4H3. The maximum absolute atomic E-state index is 10.6. The van der Waals surface area contributed by atoms with E-state index in [-0.39, 0.29) is 5.97 Å². The third-order valence-electron chi connectivity index (χ3n) is 1.30. The van der Waals surface area contributed by atoms with Gasteiger partial charge < -0.3 is 14.2 Å². The number of esters is 1.